The Kier molecular flexibility index (Phi) is 4.20. The van der Waals surface area contributed by atoms with E-state index in [1.165, 1.54) is 0 Å². The molecule has 0 saturated carbocycles. The Hall–Kier alpha value is -2.36. The molecule has 0 radical (unpaired) electrons. The van der Waals surface area contributed by atoms with Crippen LogP contribution in [0.2, 0.25) is 0 Å². The molecule has 10 heteroatoms. The molecule has 9 nitrogen and oxygen atoms in total. The molecular weight excluding hydrogens is 338 g/mol. The summed E-state index contributed by atoms with van der Waals surface area (Å²) in [7, 11) is 2.04. The second kappa shape index (κ2) is 6.51. The van der Waals surface area contributed by atoms with Crippen LogP contribution >= 0.6 is 11.8 Å². The van der Waals surface area contributed by atoms with Gasteiger partial charge in [0.05, 0.1) is 11.6 Å². The van der Waals surface area contributed by atoms with Crippen LogP contribution in [0.3, 0.4) is 0 Å². The van der Waals surface area contributed by atoms with Gasteiger partial charge in [-0.1, -0.05) is 11.8 Å². The van der Waals surface area contributed by atoms with Crippen molar-refractivity contribution in [2.75, 3.05) is 30.0 Å². The number of fused-ring (bicyclic) bond motifs is 1. The minimum absolute atomic E-state index is 0.276. The largest absolute Gasteiger partial charge is 0.368 e. The quantitative estimate of drug-likeness (QED) is 0.669. The van der Waals surface area contributed by atoms with E-state index in [0.717, 1.165) is 54.5 Å². The summed E-state index contributed by atoms with van der Waals surface area (Å²) in [6.07, 6.45) is 6.93. The summed E-state index contributed by atoms with van der Waals surface area (Å²) in [5.74, 6) is 2.81. The molecule has 3 aromatic rings. The van der Waals surface area contributed by atoms with Crippen LogP contribution in [0.5, 0.6) is 0 Å². The van der Waals surface area contributed by atoms with Crippen molar-refractivity contribution in [3.63, 3.8) is 0 Å². The van der Waals surface area contributed by atoms with Gasteiger partial charge in [-0.2, -0.15) is 15.1 Å². The molecule has 0 aliphatic carbocycles. The van der Waals surface area contributed by atoms with Crippen LogP contribution in [0, 0.1) is 5.92 Å². The smallest absolute Gasteiger partial charge is 0.224 e. The highest BCUT2D eigenvalue weighted by atomic mass is 32.2. The van der Waals surface area contributed by atoms with Crippen LogP contribution in [0.15, 0.2) is 11.4 Å². The predicted molar refractivity (Wildman–Crippen MR) is 97.5 cm³/mol. The van der Waals surface area contributed by atoms with E-state index in [1.807, 2.05) is 13.3 Å². The lowest BCUT2D eigenvalue weighted by Crippen LogP contribution is -2.35. The first-order chi connectivity index (χ1) is 12.2. The highest BCUT2D eigenvalue weighted by Gasteiger charge is 2.24. The van der Waals surface area contributed by atoms with Crippen LogP contribution in [0.25, 0.3) is 11.0 Å². The van der Waals surface area contributed by atoms with Gasteiger partial charge >= 0.3 is 0 Å². The molecular formula is C15H21N9S. The molecule has 25 heavy (non-hydrogen) atoms. The van der Waals surface area contributed by atoms with E-state index in [0.29, 0.717) is 11.6 Å². The highest BCUT2D eigenvalue weighted by Crippen LogP contribution is 2.29. The number of H-pyrrole nitrogens is 1. The maximum absolute atomic E-state index is 5.84. The number of rotatable bonds is 4. The number of anilines is 2. The number of nitrogen functional groups attached to an aromatic ring is 1. The van der Waals surface area contributed by atoms with E-state index in [-0.39, 0.29) is 5.95 Å². The Morgan fingerprint density at radius 1 is 1.28 bits per heavy atom. The van der Waals surface area contributed by atoms with Crippen molar-refractivity contribution in [3.8, 4) is 0 Å². The Balaban J connectivity index is 1.46. The van der Waals surface area contributed by atoms with Gasteiger partial charge in [0.1, 0.15) is 11.6 Å². The second-order valence-electron chi connectivity index (χ2n) is 6.33. The summed E-state index contributed by atoms with van der Waals surface area (Å²) in [5, 5.41) is 17.4. The number of hydrogen-bond acceptors (Lipinski definition) is 8. The molecule has 0 unspecified atom stereocenters. The summed E-state index contributed by atoms with van der Waals surface area (Å²) < 4.78 is 2.09. The molecule has 0 amide bonds. The number of nitrogens with two attached hydrogens (primary N) is 1. The van der Waals surface area contributed by atoms with Crippen molar-refractivity contribution >= 4 is 34.6 Å². The summed E-state index contributed by atoms with van der Waals surface area (Å²) >= 11 is 1.63. The fourth-order valence-corrected chi connectivity index (χ4v) is 3.89. The molecule has 0 bridgehead atoms. The Morgan fingerprint density at radius 2 is 2.08 bits per heavy atom. The Morgan fingerprint density at radius 3 is 2.80 bits per heavy atom. The van der Waals surface area contributed by atoms with E-state index >= 15 is 0 Å². The van der Waals surface area contributed by atoms with Gasteiger partial charge in [0.25, 0.3) is 0 Å². The lowest BCUT2D eigenvalue weighted by Gasteiger charge is -2.32. The zero-order valence-corrected chi connectivity index (χ0v) is 15.1. The third-order valence-corrected chi connectivity index (χ3v) is 5.52. The SMILES string of the molecule is CSc1nnc(CC2CCN(c3nc(N)nc4[nH]ncc34)CC2)n1C. The zero-order valence-electron chi connectivity index (χ0n) is 14.3. The van der Waals surface area contributed by atoms with E-state index in [4.69, 9.17) is 5.73 Å². The minimum Gasteiger partial charge on any atom is -0.368 e. The molecule has 0 aromatic carbocycles. The standard InChI is InChI=1S/C15H21N9S/c1-23-11(20-22-15(23)25-2)7-9-3-5-24(6-4-9)13-10-8-17-21-12(10)18-14(16)19-13/h8-9H,3-7H2,1-2H3,(H3,16,17,18,19,21). The van der Waals surface area contributed by atoms with Crippen LogP contribution in [0.1, 0.15) is 18.7 Å². The monoisotopic (exact) mass is 359 g/mol. The van der Waals surface area contributed by atoms with Crippen LogP contribution in [-0.2, 0) is 13.5 Å². The minimum atomic E-state index is 0.276. The second-order valence-corrected chi connectivity index (χ2v) is 7.11. The van der Waals surface area contributed by atoms with Gasteiger partial charge in [-0.25, -0.2) is 0 Å². The lowest BCUT2D eigenvalue weighted by molar-refractivity contribution is 0.391. The van der Waals surface area contributed by atoms with E-state index in [2.05, 4.69) is 39.8 Å². The van der Waals surface area contributed by atoms with Crippen molar-refractivity contribution in [1.29, 1.82) is 0 Å². The number of nitrogens with one attached hydrogen (secondary N) is 1. The number of thioether (sulfide) groups is 1. The predicted octanol–water partition coefficient (Wildman–Crippen LogP) is 1.24. The molecule has 1 saturated heterocycles. The fourth-order valence-electron chi connectivity index (χ4n) is 3.39. The summed E-state index contributed by atoms with van der Waals surface area (Å²) in [6, 6.07) is 0. The maximum atomic E-state index is 5.84. The topological polar surface area (TPSA) is 114 Å². The molecule has 1 fully saturated rings. The zero-order chi connectivity index (χ0) is 17.4. The van der Waals surface area contributed by atoms with Gasteiger partial charge in [-0.05, 0) is 25.0 Å². The molecule has 1 aliphatic rings. The number of piperidine rings is 1. The van der Waals surface area contributed by atoms with Gasteiger partial charge in [0.2, 0.25) is 5.95 Å². The molecule has 0 spiro atoms. The molecule has 132 valence electrons. The fraction of sp³-hybridized carbons (Fsp3) is 0.533. The van der Waals surface area contributed by atoms with Crippen LogP contribution in [0.4, 0.5) is 11.8 Å². The van der Waals surface area contributed by atoms with E-state index < -0.39 is 0 Å². The first-order valence-electron chi connectivity index (χ1n) is 8.29. The van der Waals surface area contributed by atoms with Crippen LogP contribution < -0.4 is 10.6 Å². The summed E-state index contributed by atoms with van der Waals surface area (Å²) in [6.45, 7) is 1.88. The summed E-state index contributed by atoms with van der Waals surface area (Å²) in [4.78, 5) is 10.9. The third-order valence-electron chi connectivity index (χ3n) is 4.80. The van der Waals surface area contributed by atoms with Crippen molar-refractivity contribution in [2.24, 2.45) is 13.0 Å². The number of hydrogen-bond donors (Lipinski definition) is 2. The van der Waals surface area contributed by atoms with E-state index in [1.54, 1.807) is 18.0 Å². The van der Waals surface area contributed by atoms with Gasteiger partial charge in [0, 0.05) is 26.6 Å². The molecule has 4 heterocycles. The maximum Gasteiger partial charge on any atom is 0.224 e. The molecule has 3 aromatic heterocycles. The van der Waals surface area contributed by atoms with Gasteiger partial charge in [0.15, 0.2) is 10.8 Å². The average molecular weight is 359 g/mol. The number of nitrogens with zero attached hydrogens (tertiary/aromatic N) is 7. The molecule has 0 atom stereocenters. The van der Waals surface area contributed by atoms with E-state index in [9.17, 15) is 0 Å². The normalized spacial score (nSPS) is 16.0. The summed E-state index contributed by atoms with van der Waals surface area (Å²) in [5.41, 5.74) is 6.52. The van der Waals surface area contributed by atoms with Crippen molar-refractivity contribution in [2.45, 2.75) is 24.4 Å². The van der Waals surface area contributed by atoms with Crippen LogP contribution in [-0.4, -0.2) is 54.3 Å². The lowest BCUT2D eigenvalue weighted by atomic mass is 9.93. The van der Waals surface area contributed by atoms with Gasteiger partial charge in [-0.15, -0.1) is 10.2 Å². The first-order valence-corrected chi connectivity index (χ1v) is 9.52. The molecule has 3 N–H and O–H groups in total. The average Bonchev–Trinajstić information content (AvgIpc) is 3.22. The van der Waals surface area contributed by atoms with Crippen molar-refractivity contribution < 1.29 is 0 Å². The Bertz CT molecular complexity index is 878. The van der Waals surface area contributed by atoms with Gasteiger partial charge in [-0.3, -0.25) is 5.10 Å². The highest BCUT2D eigenvalue weighted by molar-refractivity contribution is 7.98. The van der Waals surface area contributed by atoms with Crippen molar-refractivity contribution in [3.05, 3.63) is 12.0 Å². The van der Waals surface area contributed by atoms with Crippen molar-refractivity contribution in [1.82, 2.24) is 34.9 Å². The molecule has 4 rings (SSSR count). The van der Waals surface area contributed by atoms with Gasteiger partial charge < -0.3 is 15.2 Å². The Labute approximate surface area is 149 Å². The number of aromatic amines is 1. The number of aromatic nitrogens is 7. The molecule has 1 aliphatic heterocycles. The third kappa shape index (κ3) is 3.01. The first kappa shape index (κ1) is 16.1.